The minimum atomic E-state index is 0.0523. The van der Waals surface area contributed by atoms with Crippen molar-refractivity contribution in [2.75, 3.05) is 13.1 Å². The number of aromatic nitrogens is 2. The van der Waals surface area contributed by atoms with Crippen molar-refractivity contribution in [2.45, 2.75) is 33.9 Å². The monoisotopic (exact) mass is 238 g/mol. The summed E-state index contributed by atoms with van der Waals surface area (Å²) in [5.74, 6) is 0.155. The molecule has 1 heterocycles. The van der Waals surface area contributed by atoms with Gasteiger partial charge in [0.25, 0.3) is 0 Å². The topological polar surface area (TPSA) is 59.0 Å². The number of imidazole rings is 1. The molecule has 1 amide bonds. The summed E-state index contributed by atoms with van der Waals surface area (Å²) in [6.07, 6.45) is 3.70. The Morgan fingerprint density at radius 2 is 2.24 bits per heavy atom. The lowest BCUT2D eigenvalue weighted by Gasteiger charge is -2.09. The molecule has 0 spiro atoms. The van der Waals surface area contributed by atoms with Gasteiger partial charge in [-0.1, -0.05) is 13.8 Å². The van der Waals surface area contributed by atoms with Crippen LogP contribution in [0, 0.1) is 5.92 Å². The van der Waals surface area contributed by atoms with Crippen LogP contribution in [0.25, 0.3) is 0 Å². The number of amides is 1. The number of rotatable bonds is 7. The van der Waals surface area contributed by atoms with Gasteiger partial charge in [-0.25, -0.2) is 4.98 Å². The fourth-order valence-corrected chi connectivity index (χ4v) is 1.47. The third-order valence-electron chi connectivity index (χ3n) is 2.57. The van der Waals surface area contributed by atoms with E-state index in [0.717, 1.165) is 19.6 Å². The van der Waals surface area contributed by atoms with Gasteiger partial charge in [-0.05, 0) is 6.92 Å². The van der Waals surface area contributed by atoms with Crippen molar-refractivity contribution in [3.8, 4) is 0 Å². The molecule has 0 radical (unpaired) electrons. The van der Waals surface area contributed by atoms with Gasteiger partial charge in [-0.2, -0.15) is 0 Å². The predicted octanol–water partition coefficient (Wildman–Crippen LogP) is 0.765. The van der Waals surface area contributed by atoms with Crippen LogP contribution in [0.3, 0.4) is 0 Å². The standard InChI is InChI=1S/C12H22N4O/c1-4-16-9-14-8-11(16)7-13-5-6-15-12(17)10(2)3/h8-10,13H,4-7H2,1-3H3,(H,15,17). The molecular weight excluding hydrogens is 216 g/mol. The Hall–Kier alpha value is -1.36. The summed E-state index contributed by atoms with van der Waals surface area (Å²) >= 11 is 0. The van der Waals surface area contributed by atoms with E-state index in [2.05, 4.69) is 27.1 Å². The average molecular weight is 238 g/mol. The molecule has 2 N–H and O–H groups in total. The van der Waals surface area contributed by atoms with Crippen LogP contribution in [0.4, 0.5) is 0 Å². The summed E-state index contributed by atoms with van der Waals surface area (Å²) in [5.41, 5.74) is 1.17. The second-order valence-corrected chi connectivity index (χ2v) is 4.29. The Labute approximate surface area is 103 Å². The minimum absolute atomic E-state index is 0.0523. The van der Waals surface area contributed by atoms with Gasteiger partial charge in [0.15, 0.2) is 0 Å². The fraction of sp³-hybridized carbons (Fsp3) is 0.667. The number of carbonyl (C=O) groups excluding carboxylic acids is 1. The molecule has 0 aliphatic rings. The molecule has 17 heavy (non-hydrogen) atoms. The molecule has 1 rings (SSSR count). The summed E-state index contributed by atoms with van der Waals surface area (Å²) < 4.78 is 2.10. The van der Waals surface area contributed by atoms with Gasteiger partial charge in [-0.15, -0.1) is 0 Å². The summed E-state index contributed by atoms with van der Waals surface area (Å²) in [6, 6.07) is 0. The van der Waals surface area contributed by atoms with Crippen molar-refractivity contribution in [1.82, 2.24) is 20.2 Å². The molecule has 0 saturated heterocycles. The van der Waals surface area contributed by atoms with Crippen molar-refractivity contribution >= 4 is 5.91 Å². The lowest BCUT2D eigenvalue weighted by molar-refractivity contribution is -0.123. The number of aryl methyl sites for hydroxylation is 1. The predicted molar refractivity (Wildman–Crippen MR) is 67.5 cm³/mol. The summed E-state index contributed by atoms with van der Waals surface area (Å²) in [5, 5.41) is 6.15. The van der Waals surface area contributed by atoms with Crippen LogP contribution in [0.15, 0.2) is 12.5 Å². The van der Waals surface area contributed by atoms with E-state index in [4.69, 9.17) is 0 Å². The maximum atomic E-state index is 11.3. The Morgan fingerprint density at radius 3 is 2.88 bits per heavy atom. The van der Waals surface area contributed by atoms with E-state index in [0.29, 0.717) is 6.54 Å². The van der Waals surface area contributed by atoms with Crippen LogP contribution in [-0.4, -0.2) is 28.5 Å². The van der Waals surface area contributed by atoms with E-state index in [1.54, 1.807) is 0 Å². The van der Waals surface area contributed by atoms with Crippen molar-refractivity contribution in [2.24, 2.45) is 5.92 Å². The minimum Gasteiger partial charge on any atom is -0.355 e. The molecule has 0 aliphatic carbocycles. The van der Waals surface area contributed by atoms with Gasteiger partial charge >= 0.3 is 0 Å². The second kappa shape index (κ2) is 7.06. The highest BCUT2D eigenvalue weighted by Gasteiger charge is 2.04. The van der Waals surface area contributed by atoms with Gasteiger partial charge in [-0.3, -0.25) is 4.79 Å². The van der Waals surface area contributed by atoms with E-state index < -0.39 is 0 Å². The second-order valence-electron chi connectivity index (χ2n) is 4.29. The molecule has 1 aromatic heterocycles. The number of nitrogens with one attached hydrogen (secondary N) is 2. The Morgan fingerprint density at radius 1 is 1.47 bits per heavy atom. The molecule has 1 aromatic rings. The highest BCUT2D eigenvalue weighted by molar-refractivity contribution is 5.77. The molecule has 0 unspecified atom stereocenters. The number of nitrogens with zero attached hydrogens (tertiary/aromatic N) is 2. The first-order valence-electron chi connectivity index (χ1n) is 6.12. The van der Waals surface area contributed by atoms with Crippen LogP contribution < -0.4 is 10.6 Å². The van der Waals surface area contributed by atoms with E-state index in [1.807, 2.05) is 26.4 Å². The zero-order valence-corrected chi connectivity index (χ0v) is 10.9. The zero-order chi connectivity index (χ0) is 12.7. The normalized spacial score (nSPS) is 10.8. The van der Waals surface area contributed by atoms with Gasteiger partial charge in [0, 0.05) is 38.3 Å². The molecule has 0 atom stereocenters. The highest BCUT2D eigenvalue weighted by Crippen LogP contribution is 1.97. The van der Waals surface area contributed by atoms with E-state index in [9.17, 15) is 4.79 Å². The van der Waals surface area contributed by atoms with Gasteiger partial charge in [0.05, 0.1) is 12.0 Å². The van der Waals surface area contributed by atoms with Gasteiger partial charge in [0.1, 0.15) is 0 Å². The van der Waals surface area contributed by atoms with Crippen LogP contribution >= 0.6 is 0 Å². The Balaban J connectivity index is 2.14. The maximum absolute atomic E-state index is 11.3. The number of hydrogen-bond donors (Lipinski definition) is 2. The zero-order valence-electron chi connectivity index (χ0n) is 10.9. The molecule has 0 aromatic carbocycles. The van der Waals surface area contributed by atoms with Crippen LogP contribution in [-0.2, 0) is 17.9 Å². The van der Waals surface area contributed by atoms with Crippen molar-refractivity contribution < 1.29 is 4.79 Å². The SMILES string of the molecule is CCn1cncc1CNCCNC(=O)C(C)C. The lowest BCUT2D eigenvalue weighted by Crippen LogP contribution is -2.34. The van der Waals surface area contributed by atoms with Crippen LogP contribution in [0.1, 0.15) is 26.5 Å². The molecule has 5 heteroatoms. The number of carbonyl (C=O) groups is 1. The van der Waals surface area contributed by atoms with Crippen molar-refractivity contribution in [3.63, 3.8) is 0 Å². The summed E-state index contributed by atoms with van der Waals surface area (Å²) in [7, 11) is 0. The molecule has 0 bridgehead atoms. The smallest absolute Gasteiger partial charge is 0.222 e. The Kier molecular flexibility index (Phi) is 5.69. The molecule has 96 valence electrons. The van der Waals surface area contributed by atoms with Crippen molar-refractivity contribution in [3.05, 3.63) is 18.2 Å². The first kappa shape index (κ1) is 13.7. The number of hydrogen-bond acceptors (Lipinski definition) is 3. The van der Waals surface area contributed by atoms with Crippen LogP contribution in [0.2, 0.25) is 0 Å². The largest absolute Gasteiger partial charge is 0.355 e. The molecule has 0 fully saturated rings. The average Bonchev–Trinajstić information content (AvgIpc) is 2.75. The molecule has 0 saturated carbocycles. The summed E-state index contributed by atoms with van der Waals surface area (Å²) in [6.45, 7) is 9.02. The van der Waals surface area contributed by atoms with Gasteiger partial charge < -0.3 is 15.2 Å². The molecule has 0 aliphatic heterocycles. The quantitative estimate of drug-likeness (QED) is 0.690. The first-order chi connectivity index (χ1) is 8.15. The van der Waals surface area contributed by atoms with E-state index in [-0.39, 0.29) is 11.8 Å². The third kappa shape index (κ3) is 4.56. The van der Waals surface area contributed by atoms with E-state index in [1.165, 1.54) is 5.69 Å². The van der Waals surface area contributed by atoms with Crippen LogP contribution in [0.5, 0.6) is 0 Å². The molecular formula is C12H22N4O. The third-order valence-corrected chi connectivity index (χ3v) is 2.57. The molecule has 5 nitrogen and oxygen atoms in total. The first-order valence-corrected chi connectivity index (χ1v) is 6.12. The highest BCUT2D eigenvalue weighted by atomic mass is 16.1. The van der Waals surface area contributed by atoms with E-state index >= 15 is 0 Å². The summed E-state index contributed by atoms with van der Waals surface area (Å²) in [4.78, 5) is 15.4. The van der Waals surface area contributed by atoms with Crippen molar-refractivity contribution in [1.29, 1.82) is 0 Å². The van der Waals surface area contributed by atoms with Gasteiger partial charge in [0.2, 0.25) is 5.91 Å². The fourth-order valence-electron chi connectivity index (χ4n) is 1.47. The Bertz CT molecular complexity index is 346. The maximum Gasteiger partial charge on any atom is 0.222 e. The lowest BCUT2D eigenvalue weighted by atomic mass is 10.2.